The van der Waals surface area contributed by atoms with Crippen LogP contribution in [0.15, 0.2) is 42.7 Å². The molecule has 0 N–H and O–H groups in total. The molecule has 0 atom stereocenters. The molecule has 1 fully saturated rings. The zero-order valence-corrected chi connectivity index (χ0v) is 18.7. The molecule has 1 aliphatic heterocycles. The highest BCUT2D eigenvalue weighted by Gasteiger charge is 2.24. The number of anilines is 1. The van der Waals surface area contributed by atoms with Gasteiger partial charge in [-0.05, 0) is 26.0 Å². The number of piperazine rings is 1. The fourth-order valence-corrected chi connectivity index (χ4v) is 3.67. The van der Waals surface area contributed by atoms with E-state index in [9.17, 15) is 4.79 Å². The van der Waals surface area contributed by atoms with Gasteiger partial charge < -0.3 is 24.0 Å². The smallest absolute Gasteiger partial charge is 0.410 e. The highest BCUT2D eigenvalue weighted by atomic mass is 16.6. The maximum Gasteiger partial charge on any atom is 0.410 e. The van der Waals surface area contributed by atoms with Crippen molar-refractivity contribution in [1.29, 1.82) is 0 Å². The fraction of sp³-hybridized carbons (Fsp3) is 0.435. The van der Waals surface area contributed by atoms with Crippen molar-refractivity contribution < 1.29 is 19.0 Å². The summed E-state index contributed by atoms with van der Waals surface area (Å²) in [5, 5.41) is 4.47. The second kappa shape index (κ2) is 9.86. The number of methoxy groups -OCH3 is 1. The average molecular weight is 440 g/mol. The van der Waals surface area contributed by atoms with E-state index in [4.69, 9.17) is 19.2 Å². The Hall–Kier alpha value is -3.33. The minimum atomic E-state index is -0.258. The average Bonchev–Trinajstić information content (AvgIpc) is 3.22. The van der Waals surface area contributed by atoms with E-state index in [2.05, 4.69) is 10.00 Å². The third-order valence-electron chi connectivity index (χ3n) is 5.28. The van der Waals surface area contributed by atoms with E-state index in [0.717, 1.165) is 28.3 Å². The van der Waals surface area contributed by atoms with E-state index in [0.29, 0.717) is 39.4 Å². The van der Waals surface area contributed by atoms with Crippen molar-refractivity contribution in [2.45, 2.75) is 20.0 Å². The molecule has 0 saturated carbocycles. The lowest BCUT2D eigenvalue weighted by atomic mass is 10.1. The number of carbonyl (C=O) groups excluding carboxylic acids is 1. The molecule has 170 valence electrons. The van der Waals surface area contributed by atoms with Gasteiger partial charge in [0, 0.05) is 45.0 Å². The molecule has 0 spiro atoms. The Bertz CT molecular complexity index is 1060. The highest BCUT2D eigenvalue weighted by molar-refractivity contribution is 5.81. The topological polar surface area (TPSA) is 81.4 Å². The first-order chi connectivity index (χ1) is 15.6. The molecular formula is C23H29N5O4. The first-order valence-corrected chi connectivity index (χ1v) is 10.8. The molecule has 0 radical (unpaired) electrons. The number of carbonyl (C=O) groups is 1. The molecule has 1 amide bonds. The van der Waals surface area contributed by atoms with Gasteiger partial charge in [0.1, 0.15) is 18.2 Å². The maximum atomic E-state index is 12.2. The van der Waals surface area contributed by atoms with Gasteiger partial charge in [-0.25, -0.2) is 14.3 Å². The van der Waals surface area contributed by atoms with Crippen LogP contribution in [0.4, 0.5) is 10.6 Å². The summed E-state index contributed by atoms with van der Waals surface area (Å²) in [6.45, 7) is 7.28. The van der Waals surface area contributed by atoms with Crippen LogP contribution in [-0.2, 0) is 9.47 Å². The predicted octanol–water partition coefficient (Wildman–Crippen LogP) is 3.09. The number of hydrogen-bond acceptors (Lipinski definition) is 7. The first kappa shape index (κ1) is 21.9. The van der Waals surface area contributed by atoms with Crippen LogP contribution >= 0.6 is 0 Å². The van der Waals surface area contributed by atoms with Crippen molar-refractivity contribution in [3.63, 3.8) is 0 Å². The van der Waals surface area contributed by atoms with Gasteiger partial charge in [-0.1, -0.05) is 18.2 Å². The van der Waals surface area contributed by atoms with E-state index in [1.807, 2.05) is 56.6 Å². The monoisotopic (exact) mass is 439 g/mol. The van der Waals surface area contributed by atoms with Gasteiger partial charge in [0.25, 0.3) is 0 Å². The predicted molar refractivity (Wildman–Crippen MR) is 121 cm³/mol. The second-order valence-corrected chi connectivity index (χ2v) is 7.86. The maximum absolute atomic E-state index is 12.2. The van der Waals surface area contributed by atoms with E-state index in [1.165, 1.54) is 0 Å². The summed E-state index contributed by atoms with van der Waals surface area (Å²) >= 11 is 0. The van der Waals surface area contributed by atoms with E-state index < -0.39 is 0 Å². The molecule has 32 heavy (non-hydrogen) atoms. The Labute approximate surface area is 187 Å². The van der Waals surface area contributed by atoms with Crippen molar-refractivity contribution in [1.82, 2.24) is 19.5 Å². The molecule has 9 nitrogen and oxygen atoms in total. The molecule has 1 saturated heterocycles. The quantitative estimate of drug-likeness (QED) is 0.523. The fourth-order valence-electron chi connectivity index (χ4n) is 3.67. The molecule has 0 aliphatic carbocycles. The minimum Gasteiger partial charge on any atom is -0.491 e. The number of amides is 1. The first-order valence-electron chi connectivity index (χ1n) is 10.8. The summed E-state index contributed by atoms with van der Waals surface area (Å²) in [4.78, 5) is 21.0. The summed E-state index contributed by atoms with van der Waals surface area (Å²) < 4.78 is 18.1. The third-order valence-corrected chi connectivity index (χ3v) is 5.28. The Morgan fingerprint density at radius 3 is 2.59 bits per heavy atom. The number of rotatable bonds is 7. The Kier molecular flexibility index (Phi) is 6.75. The summed E-state index contributed by atoms with van der Waals surface area (Å²) in [7, 11) is 1.65. The lowest BCUT2D eigenvalue weighted by Crippen LogP contribution is -2.49. The Balaban J connectivity index is 1.54. The van der Waals surface area contributed by atoms with Crippen LogP contribution in [0.5, 0.6) is 5.75 Å². The van der Waals surface area contributed by atoms with Gasteiger partial charge in [-0.2, -0.15) is 5.10 Å². The highest BCUT2D eigenvalue weighted by Crippen LogP contribution is 2.32. The number of hydrogen-bond donors (Lipinski definition) is 0. The van der Waals surface area contributed by atoms with Crippen molar-refractivity contribution >= 4 is 17.6 Å². The number of fused-ring (bicyclic) bond motifs is 1. The van der Waals surface area contributed by atoms with Crippen molar-refractivity contribution in [3.05, 3.63) is 42.7 Å². The largest absolute Gasteiger partial charge is 0.491 e. The minimum absolute atomic E-state index is 0.119. The number of benzene rings is 1. The van der Waals surface area contributed by atoms with Gasteiger partial charge in [0.05, 0.1) is 24.5 Å². The molecule has 9 heteroatoms. The Morgan fingerprint density at radius 2 is 1.84 bits per heavy atom. The zero-order valence-electron chi connectivity index (χ0n) is 18.7. The summed E-state index contributed by atoms with van der Waals surface area (Å²) in [5.41, 5.74) is 2.59. The molecule has 1 aromatic carbocycles. The second-order valence-electron chi connectivity index (χ2n) is 7.86. The van der Waals surface area contributed by atoms with Gasteiger partial charge in [0.15, 0.2) is 5.65 Å². The molecule has 3 aromatic rings. The van der Waals surface area contributed by atoms with Gasteiger partial charge in [-0.15, -0.1) is 0 Å². The molecule has 4 rings (SSSR count). The van der Waals surface area contributed by atoms with Crippen molar-refractivity contribution in [2.75, 3.05) is 51.4 Å². The summed E-state index contributed by atoms with van der Waals surface area (Å²) in [6.07, 6.45) is 3.34. The van der Waals surface area contributed by atoms with Crippen LogP contribution in [0, 0.1) is 0 Å². The van der Waals surface area contributed by atoms with Crippen LogP contribution in [-0.4, -0.2) is 78.2 Å². The van der Waals surface area contributed by atoms with Crippen LogP contribution in [0.25, 0.3) is 16.8 Å². The van der Waals surface area contributed by atoms with Crippen LogP contribution < -0.4 is 9.64 Å². The molecular weight excluding hydrogens is 410 g/mol. The van der Waals surface area contributed by atoms with E-state index >= 15 is 0 Å². The number of ether oxygens (including phenoxy) is 3. The van der Waals surface area contributed by atoms with Crippen LogP contribution in [0.3, 0.4) is 0 Å². The lowest BCUT2D eigenvalue weighted by Gasteiger charge is -2.35. The number of para-hydroxylation sites is 1. The van der Waals surface area contributed by atoms with Gasteiger partial charge in [-0.3, -0.25) is 0 Å². The summed E-state index contributed by atoms with van der Waals surface area (Å²) in [5.74, 6) is 1.62. The zero-order chi connectivity index (χ0) is 22.5. The van der Waals surface area contributed by atoms with Crippen LogP contribution in [0.2, 0.25) is 0 Å². The molecule has 1 aliphatic rings. The molecule has 3 heterocycles. The molecule has 0 unspecified atom stereocenters. The third kappa shape index (κ3) is 4.77. The number of aromatic nitrogens is 3. The SMILES string of the molecule is COCCOc1ccccc1-c1cnn2ccc(N3CCN(C(=O)OC(C)C)CC3)nc12. The Morgan fingerprint density at radius 1 is 1.06 bits per heavy atom. The molecule has 0 bridgehead atoms. The molecule has 2 aromatic heterocycles. The van der Waals surface area contributed by atoms with Crippen molar-refractivity contribution in [2.24, 2.45) is 0 Å². The number of nitrogens with zero attached hydrogens (tertiary/aromatic N) is 5. The van der Waals surface area contributed by atoms with Crippen LogP contribution in [0.1, 0.15) is 13.8 Å². The van der Waals surface area contributed by atoms with Gasteiger partial charge >= 0.3 is 6.09 Å². The van der Waals surface area contributed by atoms with E-state index in [-0.39, 0.29) is 12.2 Å². The standard InChI is InChI=1S/C23H29N5O4/c1-17(2)32-23(29)27-12-10-26(11-13-27)21-8-9-28-22(25-21)19(16-24-28)18-6-4-5-7-20(18)31-15-14-30-3/h4-9,16-17H,10-15H2,1-3H3. The summed E-state index contributed by atoms with van der Waals surface area (Å²) in [6, 6.07) is 9.81. The lowest BCUT2D eigenvalue weighted by molar-refractivity contribution is 0.0751. The van der Waals surface area contributed by atoms with Gasteiger partial charge in [0.2, 0.25) is 0 Å². The van der Waals surface area contributed by atoms with Crippen molar-refractivity contribution in [3.8, 4) is 16.9 Å². The van der Waals surface area contributed by atoms with E-state index in [1.54, 1.807) is 16.5 Å². The normalized spacial score (nSPS) is 14.2.